The van der Waals surface area contributed by atoms with Crippen LogP contribution in [0.3, 0.4) is 0 Å². The Labute approximate surface area is 222 Å². The number of halogens is 1. The molecule has 0 saturated carbocycles. The molecule has 0 radical (unpaired) electrons. The fourth-order valence-corrected chi connectivity index (χ4v) is 3.71. The van der Waals surface area contributed by atoms with E-state index in [1.807, 2.05) is 47.6 Å². The first-order valence-corrected chi connectivity index (χ1v) is 12.6. The van der Waals surface area contributed by atoms with E-state index in [2.05, 4.69) is 0 Å². The maximum atomic E-state index is 13.6. The number of rotatable bonds is 2. The van der Waals surface area contributed by atoms with Gasteiger partial charge in [-0.05, 0) is 72.1 Å². The molecule has 2 aliphatic rings. The smallest absolute Gasteiger partial charge is 0.410 e. The van der Waals surface area contributed by atoms with Gasteiger partial charge in [-0.3, -0.25) is 14.9 Å². The first-order chi connectivity index (χ1) is 17.5. The number of amides is 2. The van der Waals surface area contributed by atoms with Crippen molar-refractivity contribution in [3.05, 3.63) is 45.3 Å². The van der Waals surface area contributed by atoms with Crippen molar-refractivity contribution in [3.63, 3.8) is 0 Å². The van der Waals surface area contributed by atoms with Gasteiger partial charge in [0.05, 0.1) is 4.92 Å². The first kappa shape index (κ1) is 30.7. The summed E-state index contributed by atoms with van der Waals surface area (Å²) in [6.07, 6.45) is 3.42. The number of nitrogens with zero attached hydrogens (tertiary/aromatic N) is 3. The van der Waals surface area contributed by atoms with E-state index in [-0.39, 0.29) is 18.0 Å². The van der Waals surface area contributed by atoms with Crippen molar-refractivity contribution in [1.29, 1.82) is 0 Å². The number of carbonyl (C=O) groups excluding carboxylic acids is 3. The molecule has 0 bridgehead atoms. The lowest BCUT2D eigenvalue weighted by Gasteiger charge is -2.31. The number of carbonyl (C=O) groups is 3. The van der Waals surface area contributed by atoms with Gasteiger partial charge >= 0.3 is 17.9 Å². The second kappa shape index (κ2) is 12.8. The zero-order valence-electron chi connectivity index (χ0n) is 23.0. The highest BCUT2D eigenvalue weighted by Gasteiger charge is 2.26. The van der Waals surface area contributed by atoms with E-state index < -0.39 is 27.6 Å². The van der Waals surface area contributed by atoms with Crippen molar-refractivity contribution < 1.29 is 33.2 Å². The Hall–Kier alpha value is -3.50. The van der Waals surface area contributed by atoms with Crippen LogP contribution in [0.25, 0.3) is 6.08 Å². The van der Waals surface area contributed by atoms with E-state index in [9.17, 15) is 28.9 Å². The predicted molar refractivity (Wildman–Crippen MR) is 140 cm³/mol. The third-order valence-electron chi connectivity index (χ3n) is 5.57. The van der Waals surface area contributed by atoms with E-state index in [4.69, 9.17) is 9.47 Å². The number of nitro benzene ring substituents is 1. The van der Waals surface area contributed by atoms with Crippen molar-refractivity contribution in [1.82, 2.24) is 9.80 Å². The third kappa shape index (κ3) is 10.5. The zero-order chi connectivity index (χ0) is 28.7. The number of nitro groups is 1. The number of Topliss-reactive ketones (excluding diaryl/α,β-unsaturated/α-hetero) is 1. The molecular weight excluding hydrogens is 497 g/mol. The van der Waals surface area contributed by atoms with Gasteiger partial charge in [0.15, 0.2) is 0 Å². The highest BCUT2D eigenvalue weighted by atomic mass is 19.1. The van der Waals surface area contributed by atoms with E-state index in [1.165, 1.54) is 6.07 Å². The molecular formula is C27H38FN3O7. The number of hydrogen-bond acceptors (Lipinski definition) is 7. The Morgan fingerprint density at radius 2 is 1.34 bits per heavy atom. The lowest BCUT2D eigenvalue weighted by molar-refractivity contribution is -0.387. The molecule has 0 N–H and O–H groups in total. The Morgan fingerprint density at radius 1 is 0.895 bits per heavy atom. The molecule has 0 aromatic heterocycles. The number of hydrogen-bond donors (Lipinski definition) is 0. The standard InChI is InChI=1S/C17H21FN2O4.C10H17NO3/c1-17(2,3)24-16(21)19-8-6-12(7-9-19)10-13-4-5-15(20(22)23)14(18)11-13;1-10(2,3)14-9(13)11-6-4-8(12)5-7-11/h4-5,10-11H,6-9H2,1-3H3;4-7H2,1-3H3. The highest BCUT2D eigenvalue weighted by Crippen LogP contribution is 2.24. The Kier molecular flexibility index (Phi) is 10.4. The molecule has 11 heteroatoms. The fourth-order valence-electron chi connectivity index (χ4n) is 3.71. The summed E-state index contributed by atoms with van der Waals surface area (Å²) in [5.74, 6) is -0.620. The number of likely N-dealkylation sites (tertiary alicyclic amines) is 2. The van der Waals surface area contributed by atoms with Gasteiger partial charge in [0.25, 0.3) is 0 Å². The van der Waals surface area contributed by atoms with Crippen LogP contribution in [0, 0.1) is 15.9 Å². The average molecular weight is 536 g/mol. The van der Waals surface area contributed by atoms with E-state index in [0.717, 1.165) is 17.7 Å². The maximum absolute atomic E-state index is 13.6. The molecule has 2 fully saturated rings. The van der Waals surface area contributed by atoms with Gasteiger partial charge in [0.1, 0.15) is 17.0 Å². The van der Waals surface area contributed by atoms with Crippen molar-refractivity contribution in [2.24, 2.45) is 0 Å². The van der Waals surface area contributed by atoms with Crippen LogP contribution in [0.15, 0.2) is 23.8 Å². The number of benzene rings is 1. The number of ether oxygens (including phenoxy) is 2. The maximum Gasteiger partial charge on any atom is 0.410 e. The summed E-state index contributed by atoms with van der Waals surface area (Å²) >= 11 is 0. The summed E-state index contributed by atoms with van der Waals surface area (Å²) in [4.78, 5) is 47.6. The van der Waals surface area contributed by atoms with Crippen LogP contribution < -0.4 is 0 Å². The molecule has 0 atom stereocenters. The van der Waals surface area contributed by atoms with Gasteiger partial charge in [-0.15, -0.1) is 0 Å². The van der Waals surface area contributed by atoms with Crippen LogP contribution in [-0.2, 0) is 14.3 Å². The zero-order valence-corrected chi connectivity index (χ0v) is 23.0. The van der Waals surface area contributed by atoms with Crippen molar-refractivity contribution in [3.8, 4) is 0 Å². The minimum absolute atomic E-state index is 0.227. The topological polar surface area (TPSA) is 119 Å². The molecule has 2 amide bonds. The third-order valence-corrected chi connectivity index (χ3v) is 5.57. The molecule has 0 aliphatic carbocycles. The summed E-state index contributed by atoms with van der Waals surface area (Å²) in [6, 6.07) is 3.84. The summed E-state index contributed by atoms with van der Waals surface area (Å²) in [5.41, 5.74) is 0.140. The molecule has 210 valence electrons. The van der Waals surface area contributed by atoms with Gasteiger partial charge in [-0.25, -0.2) is 9.59 Å². The lowest BCUT2D eigenvalue weighted by atomic mass is 10.0. The minimum Gasteiger partial charge on any atom is -0.444 e. The van der Waals surface area contributed by atoms with Gasteiger partial charge in [-0.1, -0.05) is 11.6 Å². The minimum atomic E-state index is -0.847. The molecule has 38 heavy (non-hydrogen) atoms. The van der Waals surface area contributed by atoms with E-state index in [0.29, 0.717) is 57.4 Å². The molecule has 10 nitrogen and oxygen atoms in total. The summed E-state index contributed by atoms with van der Waals surface area (Å²) < 4.78 is 24.2. The quantitative estimate of drug-likeness (QED) is 0.350. The molecule has 1 aromatic carbocycles. The Balaban J connectivity index is 0.000000308. The van der Waals surface area contributed by atoms with Gasteiger partial charge < -0.3 is 19.3 Å². The largest absolute Gasteiger partial charge is 0.444 e. The van der Waals surface area contributed by atoms with Gasteiger partial charge in [0, 0.05) is 45.1 Å². The van der Waals surface area contributed by atoms with Crippen LogP contribution in [0.1, 0.15) is 72.8 Å². The second-order valence-electron chi connectivity index (χ2n) is 11.2. The molecule has 3 rings (SSSR count). The van der Waals surface area contributed by atoms with Crippen LogP contribution in [0.2, 0.25) is 0 Å². The summed E-state index contributed by atoms with van der Waals surface area (Å²) in [7, 11) is 0. The molecule has 2 aliphatic heterocycles. The molecule has 0 spiro atoms. The van der Waals surface area contributed by atoms with Crippen LogP contribution in [-0.4, -0.2) is 70.1 Å². The number of ketones is 1. The Morgan fingerprint density at radius 3 is 1.74 bits per heavy atom. The fraction of sp³-hybridized carbons (Fsp3) is 0.593. The van der Waals surface area contributed by atoms with E-state index >= 15 is 0 Å². The molecule has 0 unspecified atom stereocenters. The van der Waals surface area contributed by atoms with Gasteiger partial charge in [-0.2, -0.15) is 4.39 Å². The van der Waals surface area contributed by atoms with Crippen LogP contribution in [0.4, 0.5) is 19.7 Å². The van der Waals surface area contributed by atoms with Crippen molar-refractivity contribution in [2.45, 2.75) is 78.4 Å². The SMILES string of the molecule is CC(C)(C)OC(=O)N1CCC(=Cc2ccc([N+](=O)[O-])c(F)c2)CC1.CC(C)(C)OC(=O)N1CCC(=O)CC1. The number of piperidine rings is 2. The van der Waals surface area contributed by atoms with Crippen LogP contribution >= 0.6 is 0 Å². The van der Waals surface area contributed by atoms with E-state index in [1.54, 1.807) is 9.80 Å². The molecule has 1 aromatic rings. The molecule has 2 heterocycles. The average Bonchev–Trinajstić information content (AvgIpc) is 2.78. The normalized spacial score (nSPS) is 16.3. The summed E-state index contributed by atoms with van der Waals surface area (Å²) in [6.45, 7) is 13.0. The first-order valence-electron chi connectivity index (χ1n) is 12.6. The lowest BCUT2D eigenvalue weighted by Crippen LogP contribution is -2.41. The highest BCUT2D eigenvalue weighted by molar-refractivity contribution is 5.81. The predicted octanol–water partition coefficient (Wildman–Crippen LogP) is 5.73. The van der Waals surface area contributed by atoms with Crippen molar-refractivity contribution in [2.75, 3.05) is 26.2 Å². The second-order valence-corrected chi connectivity index (χ2v) is 11.2. The monoisotopic (exact) mass is 535 g/mol. The summed E-state index contributed by atoms with van der Waals surface area (Å²) in [5, 5.41) is 10.6. The van der Waals surface area contributed by atoms with Crippen molar-refractivity contribution >= 4 is 29.7 Å². The Bertz CT molecular complexity index is 1050. The molecule has 2 saturated heterocycles. The van der Waals surface area contributed by atoms with Gasteiger partial charge in [0.2, 0.25) is 5.82 Å². The van der Waals surface area contributed by atoms with Crippen LogP contribution in [0.5, 0.6) is 0 Å².